The molecular weight excluding hydrogens is 498 g/mol. The maximum absolute atomic E-state index is 13.6. The number of hydrogen-bond acceptors (Lipinski definition) is 6. The van der Waals surface area contributed by atoms with Crippen LogP contribution in [-0.2, 0) is 14.9 Å². The first-order valence-electron chi connectivity index (χ1n) is 12.6. The zero-order valence-electron chi connectivity index (χ0n) is 21.4. The van der Waals surface area contributed by atoms with Gasteiger partial charge in [-0.15, -0.1) is 0 Å². The minimum absolute atomic E-state index is 0.0198. The van der Waals surface area contributed by atoms with Crippen molar-refractivity contribution in [2.45, 2.75) is 44.4 Å². The van der Waals surface area contributed by atoms with E-state index in [1.165, 1.54) is 12.1 Å². The van der Waals surface area contributed by atoms with Crippen LogP contribution < -0.4 is 9.50 Å². The van der Waals surface area contributed by atoms with Crippen LogP contribution in [0.2, 0.25) is 0 Å². The van der Waals surface area contributed by atoms with Gasteiger partial charge >= 0.3 is 10.1 Å². The average Bonchev–Trinajstić information content (AvgIpc) is 3.14. The summed E-state index contributed by atoms with van der Waals surface area (Å²) < 4.78 is 30.9. The predicted molar refractivity (Wildman–Crippen MR) is 144 cm³/mol. The molecule has 7 heteroatoms. The molecule has 3 aromatic rings. The third kappa shape index (κ3) is 3.98. The number of allylic oxidation sites excluding steroid dienone is 3. The average molecular weight is 526 g/mol. The van der Waals surface area contributed by atoms with Gasteiger partial charge in [0.1, 0.15) is 10.6 Å². The molecule has 0 saturated heterocycles. The van der Waals surface area contributed by atoms with Gasteiger partial charge in [-0.25, -0.2) is 0 Å². The molecule has 6 nitrogen and oxygen atoms in total. The number of carbonyl (C=O) groups excluding carboxylic acids is 2. The molecule has 3 aromatic carbocycles. The van der Waals surface area contributed by atoms with E-state index >= 15 is 0 Å². The van der Waals surface area contributed by atoms with Gasteiger partial charge in [0.15, 0.2) is 11.6 Å². The van der Waals surface area contributed by atoms with Crippen LogP contribution in [0.1, 0.15) is 59.7 Å². The number of ketones is 2. The Balaban J connectivity index is 1.40. The van der Waals surface area contributed by atoms with E-state index in [-0.39, 0.29) is 27.6 Å². The van der Waals surface area contributed by atoms with Crippen molar-refractivity contribution in [3.63, 3.8) is 0 Å². The monoisotopic (exact) mass is 525 g/mol. The lowest BCUT2D eigenvalue weighted by atomic mass is 9.68. The number of benzene rings is 3. The Morgan fingerprint density at radius 3 is 2.18 bits per heavy atom. The first kappa shape index (κ1) is 24.4. The highest BCUT2D eigenvalue weighted by molar-refractivity contribution is 7.87. The third-order valence-electron chi connectivity index (χ3n) is 7.46. The maximum Gasteiger partial charge on any atom is 0.339 e. The van der Waals surface area contributed by atoms with Crippen molar-refractivity contribution in [2.75, 3.05) is 0 Å². The Morgan fingerprint density at radius 1 is 0.842 bits per heavy atom. The Hall–Kier alpha value is -3.97. The highest BCUT2D eigenvalue weighted by Crippen LogP contribution is 2.51. The molecule has 1 aliphatic heterocycles. The van der Waals surface area contributed by atoms with Crippen LogP contribution in [0, 0.1) is 12.3 Å². The topological polar surface area (TPSA) is 89.5 Å². The van der Waals surface area contributed by atoms with Gasteiger partial charge in [-0.3, -0.25) is 9.59 Å². The second kappa shape index (κ2) is 8.53. The summed E-state index contributed by atoms with van der Waals surface area (Å²) in [6.07, 6.45) is 1.08. The van der Waals surface area contributed by atoms with Crippen LogP contribution >= 0.6 is 0 Å². The zero-order valence-corrected chi connectivity index (χ0v) is 22.2. The van der Waals surface area contributed by atoms with Gasteiger partial charge in [0.2, 0.25) is 0 Å². The normalized spacial score (nSPS) is 20.0. The summed E-state index contributed by atoms with van der Waals surface area (Å²) in [5, 5.41) is 3.47. The molecule has 0 fully saturated rings. The van der Waals surface area contributed by atoms with Crippen LogP contribution in [0.4, 0.5) is 0 Å². The van der Waals surface area contributed by atoms with E-state index in [2.05, 4.69) is 19.2 Å². The van der Waals surface area contributed by atoms with E-state index < -0.39 is 16.0 Å². The maximum atomic E-state index is 13.6. The number of rotatable bonds is 4. The molecule has 2 aliphatic carbocycles. The van der Waals surface area contributed by atoms with Crippen molar-refractivity contribution in [2.24, 2.45) is 5.41 Å². The van der Waals surface area contributed by atoms with Gasteiger partial charge in [-0.1, -0.05) is 67.9 Å². The van der Waals surface area contributed by atoms with E-state index in [1.807, 2.05) is 31.2 Å². The van der Waals surface area contributed by atoms with E-state index in [4.69, 9.17) is 4.18 Å². The van der Waals surface area contributed by atoms with Crippen molar-refractivity contribution in [1.29, 1.82) is 0 Å². The van der Waals surface area contributed by atoms with Gasteiger partial charge < -0.3 is 9.50 Å². The Labute approximate surface area is 222 Å². The van der Waals surface area contributed by atoms with Gasteiger partial charge in [0.05, 0.1) is 5.70 Å². The molecule has 1 atom stereocenters. The van der Waals surface area contributed by atoms with Crippen LogP contribution in [0.15, 0.2) is 94.5 Å². The minimum atomic E-state index is -4.00. The lowest BCUT2D eigenvalue weighted by molar-refractivity contribution is -0.118. The standard InChI is InChI=1S/C31H27NO5S/c1-18-8-14-21(15-9-18)38(35,36)37-20-12-10-19(11-13-20)26-27-24(16-31(2,3)17-25(27)33)32-29-22-6-4-5-7-23(22)30(34)28(26)29/h4-15,26,32H,16-17H2,1-3H3/t26-/m0/s1. The molecular formula is C31H27NO5S. The molecule has 3 aliphatic rings. The molecule has 0 saturated carbocycles. The first-order chi connectivity index (χ1) is 18.0. The predicted octanol–water partition coefficient (Wildman–Crippen LogP) is 5.70. The highest BCUT2D eigenvalue weighted by atomic mass is 32.2. The summed E-state index contributed by atoms with van der Waals surface area (Å²) >= 11 is 0. The van der Waals surface area contributed by atoms with Crippen molar-refractivity contribution < 1.29 is 22.2 Å². The van der Waals surface area contributed by atoms with Gasteiger partial charge in [0, 0.05) is 40.3 Å². The Kier molecular flexibility index (Phi) is 5.47. The number of Topliss-reactive ketones (excluding diaryl/α,β-unsaturated/α-hetero) is 2. The quantitative estimate of drug-likeness (QED) is 0.440. The highest BCUT2D eigenvalue weighted by Gasteiger charge is 2.46. The minimum Gasteiger partial charge on any atom is -0.379 e. The molecule has 6 rings (SSSR count). The van der Waals surface area contributed by atoms with Crippen molar-refractivity contribution in [3.8, 4) is 5.75 Å². The number of hydrogen-bond donors (Lipinski definition) is 1. The molecule has 192 valence electrons. The Bertz CT molecular complexity index is 1680. The number of nitrogens with one attached hydrogen (secondary N) is 1. The largest absolute Gasteiger partial charge is 0.379 e. The van der Waals surface area contributed by atoms with Crippen molar-refractivity contribution >= 4 is 27.4 Å². The molecule has 38 heavy (non-hydrogen) atoms. The smallest absolute Gasteiger partial charge is 0.339 e. The summed E-state index contributed by atoms with van der Waals surface area (Å²) in [5.74, 6) is -0.470. The van der Waals surface area contributed by atoms with Crippen LogP contribution in [0.5, 0.6) is 5.75 Å². The summed E-state index contributed by atoms with van der Waals surface area (Å²) in [5.41, 5.74) is 5.71. The second-order valence-corrected chi connectivity index (χ2v) is 12.5. The van der Waals surface area contributed by atoms with E-state index in [1.54, 1.807) is 36.4 Å². The van der Waals surface area contributed by atoms with E-state index in [9.17, 15) is 18.0 Å². The molecule has 0 bridgehead atoms. The molecule has 1 heterocycles. The molecule has 0 amide bonds. The molecule has 0 spiro atoms. The number of dihydropyridines is 1. The Morgan fingerprint density at radius 2 is 1.50 bits per heavy atom. The summed E-state index contributed by atoms with van der Waals surface area (Å²) in [7, 11) is -4.00. The summed E-state index contributed by atoms with van der Waals surface area (Å²) in [6, 6.07) is 20.6. The first-order valence-corrected chi connectivity index (χ1v) is 14.0. The van der Waals surface area contributed by atoms with Crippen LogP contribution in [0.25, 0.3) is 5.70 Å². The SMILES string of the molecule is Cc1ccc(S(=O)(=O)Oc2ccc([C@H]3C4=C(CC(C)(C)CC4=O)NC4=C3C(=O)c3ccccc34)cc2)cc1. The fraction of sp³-hybridized carbons (Fsp3) is 0.226. The lowest BCUT2D eigenvalue weighted by Crippen LogP contribution is -2.37. The van der Waals surface area contributed by atoms with Gasteiger partial charge in [-0.05, 0) is 48.6 Å². The molecule has 1 N–H and O–H groups in total. The second-order valence-electron chi connectivity index (χ2n) is 11.0. The number of aryl methyl sites for hydroxylation is 1. The molecule has 0 unspecified atom stereocenters. The zero-order chi connectivity index (χ0) is 26.8. The van der Waals surface area contributed by atoms with E-state index in [0.717, 1.165) is 28.1 Å². The number of fused-ring (bicyclic) bond motifs is 2. The van der Waals surface area contributed by atoms with Crippen LogP contribution in [-0.4, -0.2) is 20.0 Å². The van der Waals surface area contributed by atoms with Crippen molar-refractivity contribution in [3.05, 3.63) is 112 Å². The fourth-order valence-corrected chi connectivity index (χ4v) is 6.65. The third-order valence-corrected chi connectivity index (χ3v) is 8.72. The summed E-state index contributed by atoms with van der Waals surface area (Å²) in [6.45, 7) is 6.03. The van der Waals surface area contributed by atoms with Crippen molar-refractivity contribution in [1.82, 2.24) is 5.32 Å². The summed E-state index contributed by atoms with van der Waals surface area (Å²) in [4.78, 5) is 27.2. The van der Waals surface area contributed by atoms with E-state index in [0.29, 0.717) is 29.6 Å². The molecule has 0 radical (unpaired) electrons. The number of carbonyl (C=O) groups is 2. The fourth-order valence-electron chi connectivity index (χ4n) is 5.72. The molecule has 0 aromatic heterocycles. The van der Waals surface area contributed by atoms with Gasteiger partial charge in [-0.2, -0.15) is 8.42 Å². The lowest BCUT2D eigenvalue weighted by Gasteiger charge is -2.39. The van der Waals surface area contributed by atoms with Crippen LogP contribution in [0.3, 0.4) is 0 Å². The van der Waals surface area contributed by atoms with Gasteiger partial charge in [0.25, 0.3) is 0 Å².